The molecular weight excluding hydrogens is 546 g/mol. The van der Waals surface area contributed by atoms with Crippen molar-refractivity contribution in [2.24, 2.45) is 0 Å². The molecule has 41 heavy (non-hydrogen) atoms. The molecule has 0 aliphatic carbocycles. The lowest BCUT2D eigenvalue weighted by Crippen LogP contribution is -2.13. The number of methoxy groups -OCH3 is 1. The normalized spacial score (nSPS) is 10.7. The fourth-order valence-electron chi connectivity index (χ4n) is 3.97. The molecule has 0 saturated carbocycles. The van der Waals surface area contributed by atoms with Gasteiger partial charge in [0.15, 0.2) is 11.5 Å². The first-order valence-corrected chi connectivity index (χ1v) is 13.3. The van der Waals surface area contributed by atoms with Crippen molar-refractivity contribution in [3.63, 3.8) is 0 Å². The van der Waals surface area contributed by atoms with Gasteiger partial charge in [-0.3, -0.25) is 14.4 Å². The van der Waals surface area contributed by atoms with Crippen molar-refractivity contribution in [2.45, 2.75) is 25.9 Å². The van der Waals surface area contributed by atoms with E-state index in [0.29, 0.717) is 33.2 Å². The number of rotatable bonds is 11. The molecule has 5 N–H and O–H groups in total. The summed E-state index contributed by atoms with van der Waals surface area (Å²) >= 11 is 1.39. The molecule has 0 bridgehead atoms. The van der Waals surface area contributed by atoms with Gasteiger partial charge < -0.3 is 30.7 Å². The second-order valence-corrected chi connectivity index (χ2v) is 9.89. The molecule has 0 saturated heterocycles. The maximum Gasteiger partial charge on any atom is 0.303 e. The lowest BCUT2D eigenvalue weighted by molar-refractivity contribution is -0.138. The average molecular weight is 574 g/mol. The molecule has 11 heteroatoms. The number of thiazole rings is 1. The minimum absolute atomic E-state index is 0.132. The van der Waals surface area contributed by atoms with Gasteiger partial charge in [0, 0.05) is 40.9 Å². The maximum atomic E-state index is 12.1. The van der Waals surface area contributed by atoms with E-state index in [1.165, 1.54) is 18.4 Å². The SMILES string of the molecule is [CH]CC(=O)Nc1ccc(-c2nc(-c3cc(CO)c(O)c(OC)c3)sc2-c2ccc(NC(=O)CCC(=O)O)cc2)cc1. The van der Waals surface area contributed by atoms with Crippen LogP contribution in [0.15, 0.2) is 60.7 Å². The number of aromatic nitrogens is 1. The number of carbonyl (C=O) groups is 3. The highest BCUT2D eigenvalue weighted by atomic mass is 32.1. The molecule has 4 rings (SSSR count). The number of anilines is 2. The Labute approximate surface area is 240 Å². The van der Waals surface area contributed by atoms with Gasteiger partial charge in [-0.1, -0.05) is 24.3 Å². The Hall–Kier alpha value is -4.74. The number of aliphatic hydroxyl groups excluding tert-OH is 1. The van der Waals surface area contributed by atoms with E-state index in [-0.39, 0.29) is 36.7 Å². The Bertz CT molecular complexity index is 1540. The van der Waals surface area contributed by atoms with Gasteiger partial charge in [0.05, 0.1) is 30.7 Å². The third-order valence-electron chi connectivity index (χ3n) is 6.04. The summed E-state index contributed by atoms with van der Waals surface area (Å²) in [5.74, 6) is -1.70. The minimum Gasteiger partial charge on any atom is -0.504 e. The number of carbonyl (C=O) groups excluding carboxylic acids is 2. The van der Waals surface area contributed by atoms with Crippen molar-refractivity contribution in [3.05, 3.63) is 73.2 Å². The average Bonchev–Trinajstić information content (AvgIpc) is 3.42. The predicted octanol–water partition coefficient (Wildman–Crippen LogP) is 5.19. The first-order valence-electron chi connectivity index (χ1n) is 12.5. The van der Waals surface area contributed by atoms with Crippen molar-refractivity contribution in [1.82, 2.24) is 4.98 Å². The standard InChI is InChI=1S/C30H27N3O7S/c1-3-24(35)31-21-8-4-17(5-9-21)27-29(18-6-10-22(11-7-18)32-25(36)12-13-26(37)38)41-30(33-27)19-14-20(16-34)28(39)23(15-19)40-2/h1,4-11,14-15,34,39H,3,12-13,16H2,2H3,(H,31,35)(H,32,36)(H,37,38). The summed E-state index contributed by atoms with van der Waals surface area (Å²) in [6.07, 6.45) is -0.526. The lowest BCUT2D eigenvalue weighted by atomic mass is 10.1. The minimum atomic E-state index is -1.05. The summed E-state index contributed by atoms with van der Waals surface area (Å²) in [6, 6.07) is 17.5. The number of nitrogens with one attached hydrogen (secondary N) is 2. The summed E-state index contributed by atoms with van der Waals surface area (Å²) in [5.41, 5.74) is 4.26. The summed E-state index contributed by atoms with van der Waals surface area (Å²) < 4.78 is 5.29. The number of aliphatic hydroxyl groups is 1. The van der Waals surface area contributed by atoms with Gasteiger partial charge in [-0.15, -0.1) is 11.3 Å². The second-order valence-electron chi connectivity index (χ2n) is 8.89. The maximum absolute atomic E-state index is 12.1. The number of nitrogens with zero attached hydrogens (tertiary/aromatic N) is 1. The molecule has 0 aliphatic heterocycles. The number of phenols is 1. The lowest BCUT2D eigenvalue weighted by Gasteiger charge is -2.09. The summed E-state index contributed by atoms with van der Waals surface area (Å²) in [6.45, 7) is 5.00. The van der Waals surface area contributed by atoms with Gasteiger partial charge in [-0.2, -0.15) is 0 Å². The van der Waals surface area contributed by atoms with Crippen LogP contribution in [0.1, 0.15) is 24.8 Å². The van der Waals surface area contributed by atoms with Gasteiger partial charge >= 0.3 is 5.97 Å². The summed E-state index contributed by atoms with van der Waals surface area (Å²) in [7, 11) is 1.42. The number of carboxylic acids is 1. The zero-order chi connectivity index (χ0) is 29.5. The highest BCUT2D eigenvalue weighted by Gasteiger charge is 2.19. The fourth-order valence-corrected chi connectivity index (χ4v) is 5.05. The van der Waals surface area contributed by atoms with Gasteiger partial charge in [0.1, 0.15) is 5.01 Å². The van der Waals surface area contributed by atoms with E-state index in [9.17, 15) is 24.6 Å². The Balaban J connectivity index is 1.74. The molecule has 4 aromatic rings. The molecule has 0 aliphatic rings. The van der Waals surface area contributed by atoms with E-state index in [1.54, 1.807) is 36.4 Å². The van der Waals surface area contributed by atoms with Crippen LogP contribution in [0, 0.1) is 6.92 Å². The van der Waals surface area contributed by atoms with Crippen LogP contribution < -0.4 is 15.4 Å². The van der Waals surface area contributed by atoms with E-state index in [0.717, 1.165) is 16.0 Å². The van der Waals surface area contributed by atoms with Gasteiger partial charge in [-0.05, 0) is 48.9 Å². The summed E-state index contributed by atoms with van der Waals surface area (Å²) in [5, 5.41) is 34.9. The second kappa shape index (κ2) is 13.1. The van der Waals surface area contributed by atoms with Crippen molar-refractivity contribution < 1.29 is 34.4 Å². The van der Waals surface area contributed by atoms with Crippen LogP contribution >= 0.6 is 11.3 Å². The molecule has 0 spiro atoms. The quantitative estimate of drug-likeness (QED) is 0.164. The largest absolute Gasteiger partial charge is 0.504 e. The predicted molar refractivity (Wildman–Crippen MR) is 156 cm³/mol. The zero-order valence-corrected chi connectivity index (χ0v) is 22.8. The number of aromatic hydroxyl groups is 1. The number of hydrogen-bond donors (Lipinski definition) is 5. The third kappa shape index (κ3) is 7.07. The number of aliphatic carboxylic acids is 1. The molecule has 0 fully saturated rings. The van der Waals surface area contributed by atoms with Crippen molar-refractivity contribution in [2.75, 3.05) is 17.7 Å². The van der Waals surface area contributed by atoms with Crippen LogP contribution in [0.25, 0.3) is 32.3 Å². The molecule has 3 aromatic carbocycles. The van der Waals surface area contributed by atoms with Crippen LogP contribution in [0.2, 0.25) is 0 Å². The Kier molecular flexibility index (Phi) is 9.33. The molecule has 1 aromatic heterocycles. The number of ether oxygens (including phenoxy) is 1. The van der Waals surface area contributed by atoms with Gasteiger partial charge in [-0.25, -0.2) is 4.98 Å². The highest BCUT2D eigenvalue weighted by molar-refractivity contribution is 7.19. The third-order valence-corrected chi connectivity index (χ3v) is 7.20. The molecule has 210 valence electrons. The molecule has 1 heterocycles. The van der Waals surface area contributed by atoms with E-state index in [1.807, 2.05) is 24.3 Å². The van der Waals surface area contributed by atoms with Gasteiger partial charge in [0.2, 0.25) is 11.8 Å². The van der Waals surface area contributed by atoms with E-state index >= 15 is 0 Å². The van der Waals surface area contributed by atoms with Crippen molar-refractivity contribution in [3.8, 4) is 43.8 Å². The van der Waals surface area contributed by atoms with E-state index in [4.69, 9.17) is 21.8 Å². The van der Waals surface area contributed by atoms with E-state index < -0.39 is 18.5 Å². The Morgan fingerprint density at radius 3 is 2.07 bits per heavy atom. The van der Waals surface area contributed by atoms with Gasteiger partial charge in [0.25, 0.3) is 0 Å². The topological polar surface area (TPSA) is 158 Å². The van der Waals surface area contributed by atoms with Crippen molar-refractivity contribution in [1.29, 1.82) is 0 Å². The van der Waals surface area contributed by atoms with Crippen molar-refractivity contribution >= 4 is 40.5 Å². The molecule has 2 amide bonds. The molecule has 2 radical (unpaired) electrons. The van der Waals surface area contributed by atoms with Crippen LogP contribution in [0.4, 0.5) is 11.4 Å². The Morgan fingerprint density at radius 2 is 1.51 bits per heavy atom. The molecule has 0 atom stereocenters. The number of carboxylic acid groups (broad SMARTS) is 1. The first-order chi connectivity index (χ1) is 19.7. The van der Waals surface area contributed by atoms with Crippen LogP contribution in [-0.4, -0.2) is 45.2 Å². The number of hydrogen-bond acceptors (Lipinski definition) is 8. The van der Waals surface area contributed by atoms with E-state index in [2.05, 4.69) is 10.6 Å². The zero-order valence-electron chi connectivity index (χ0n) is 22.0. The molecule has 0 unspecified atom stereocenters. The number of benzene rings is 3. The molecule has 10 nitrogen and oxygen atoms in total. The smallest absolute Gasteiger partial charge is 0.303 e. The van der Waals surface area contributed by atoms with Crippen LogP contribution in [0.5, 0.6) is 11.5 Å². The molecular formula is C30H27N3O7S. The summed E-state index contributed by atoms with van der Waals surface area (Å²) in [4.78, 5) is 40.2. The number of amides is 2. The first kappa shape index (κ1) is 29.2. The Morgan fingerprint density at radius 1 is 0.902 bits per heavy atom. The van der Waals surface area contributed by atoms with Crippen LogP contribution in [0.3, 0.4) is 0 Å². The monoisotopic (exact) mass is 573 g/mol. The van der Waals surface area contributed by atoms with Crippen LogP contribution in [-0.2, 0) is 21.0 Å². The highest BCUT2D eigenvalue weighted by Crippen LogP contribution is 2.43. The fraction of sp³-hybridized carbons (Fsp3) is 0.167.